The summed E-state index contributed by atoms with van der Waals surface area (Å²) < 4.78 is 0. The Hall–Kier alpha value is -2.63. The number of phenolic OH excluding ortho intramolecular Hbond substituents is 1. The van der Waals surface area contributed by atoms with E-state index in [9.17, 15) is 5.11 Å². The van der Waals surface area contributed by atoms with Crippen LogP contribution in [0.15, 0.2) is 54.2 Å². The molecule has 0 bridgehead atoms. The lowest BCUT2D eigenvalue weighted by molar-refractivity contribution is 0.475. The zero-order chi connectivity index (χ0) is 17.4. The standard InChI is InChI=1S/C19H14ClN3OS/c1-11-8-14(24)6-7-16(11)23-18-17-15(9-25-19(17)22-10-21-18)12-2-4-13(20)5-3-12/h2-10,24H,1H3,(H,21,22,23). The molecule has 6 heteroatoms. The van der Waals surface area contributed by atoms with E-state index in [1.54, 1.807) is 29.8 Å². The summed E-state index contributed by atoms with van der Waals surface area (Å²) in [5.74, 6) is 0.985. The van der Waals surface area contributed by atoms with Crippen molar-refractivity contribution >= 4 is 44.7 Å². The predicted octanol–water partition coefficient (Wildman–Crippen LogP) is 5.77. The Labute approximate surface area is 153 Å². The summed E-state index contributed by atoms with van der Waals surface area (Å²) >= 11 is 7.59. The van der Waals surface area contributed by atoms with Gasteiger partial charge in [0, 0.05) is 21.7 Å². The Morgan fingerprint density at radius 2 is 1.88 bits per heavy atom. The van der Waals surface area contributed by atoms with Gasteiger partial charge in [-0.1, -0.05) is 23.7 Å². The van der Waals surface area contributed by atoms with Gasteiger partial charge in [0.05, 0.1) is 5.39 Å². The number of halogens is 1. The fraction of sp³-hybridized carbons (Fsp3) is 0.0526. The lowest BCUT2D eigenvalue weighted by atomic mass is 10.1. The summed E-state index contributed by atoms with van der Waals surface area (Å²) in [6, 6.07) is 12.9. The topological polar surface area (TPSA) is 58.0 Å². The normalized spacial score (nSPS) is 11.0. The lowest BCUT2D eigenvalue weighted by Gasteiger charge is -2.11. The number of aromatic nitrogens is 2. The van der Waals surface area contributed by atoms with Gasteiger partial charge >= 0.3 is 0 Å². The molecule has 4 nitrogen and oxygen atoms in total. The maximum atomic E-state index is 9.59. The first-order valence-corrected chi connectivity index (χ1v) is 8.92. The minimum Gasteiger partial charge on any atom is -0.508 e. The molecule has 0 amide bonds. The van der Waals surface area contributed by atoms with Crippen molar-refractivity contribution in [1.82, 2.24) is 9.97 Å². The van der Waals surface area contributed by atoms with Gasteiger partial charge in [-0.2, -0.15) is 0 Å². The highest BCUT2D eigenvalue weighted by Gasteiger charge is 2.14. The molecule has 0 unspecified atom stereocenters. The number of fused-ring (bicyclic) bond motifs is 1. The first kappa shape index (κ1) is 15.9. The minimum absolute atomic E-state index is 0.244. The van der Waals surface area contributed by atoms with Crippen molar-refractivity contribution in [2.24, 2.45) is 0 Å². The molecule has 4 rings (SSSR count). The van der Waals surface area contributed by atoms with Gasteiger partial charge in [0.2, 0.25) is 0 Å². The van der Waals surface area contributed by atoms with Crippen LogP contribution in [0.4, 0.5) is 11.5 Å². The predicted molar refractivity (Wildman–Crippen MR) is 104 cm³/mol. The van der Waals surface area contributed by atoms with E-state index in [0.717, 1.165) is 38.4 Å². The van der Waals surface area contributed by atoms with Crippen LogP contribution in [0.5, 0.6) is 5.75 Å². The van der Waals surface area contributed by atoms with Crippen LogP contribution in [0.3, 0.4) is 0 Å². The van der Waals surface area contributed by atoms with Crippen molar-refractivity contribution in [1.29, 1.82) is 0 Å². The molecular weight excluding hydrogens is 354 g/mol. The zero-order valence-corrected chi connectivity index (χ0v) is 14.9. The van der Waals surface area contributed by atoms with Crippen LogP contribution in [-0.2, 0) is 0 Å². The van der Waals surface area contributed by atoms with E-state index in [1.807, 2.05) is 37.3 Å². The van der Waals surface area contributed by atoms with Crippen LogP contribution >= 0.6 is 22.9 Å². The quantitative estimate of drug-likeness (QED) is 0.451. The summed E-state index contributed by atoms with van der Waals surface area (Å²) in [5.41, 5.74) is 3.97. The number of phenols is 1. The van der Waals surface area contributed by atoms with Crippen LogP contribution < -0.4 is 5.32 Å². The number of anilines is 2. The van der Waals surface area contributed by atoms with Crippen LogP contribution in [0.2, 0.25) is 5.02 Å². The molecule has 0 aliphatic heterocycles. The number of nitrogens with zero attached hydrogens (tertiary/aromatic N) is 2. The molecule has 2 N–H and O–H groups in total. The SMILES string of the molecule is Cc1cc(O)ccc1Nc1ncnc2scc(-c3ccc(Cl)cc3)c12. The molecule has 0 fully saturated rings. The molecule has 0 saturated heterocycles. The fourth-order valence-electron chi connectivity index (χ4n) is 2.73. The molecular formula is C19H14ClN3OS. The number of hydrogen-bond donors (Lipinski definition) is 2. The molecule has 0 aliphatic carbocycles. The highest BCUT2D eigenvalue weighted by molar-refractivity contribution is 7.17. The van der Waals surface area contributed by atoms with Gasteiger partial charge in [0.15, 0.2) is 0 Å². The van der Waals surface area contributed by atoms with Gasteiger partial charge in [-0.3, -0.25) is 0 Å². The number of benzene rings is 2. The van der Waals surface area contributed by atoms with E-state index >= 15 is 0 Å². The third-order valence-corrected chi connectivity index (χ3v) is 5.13. The van der Waals surface area contributed by atoms with Gasteiger partial charge in [-0.25, -0.2) is 9.97 Å². The average Bonchev–Trinajstić information content (AvgIpc) is 3.03. The van der Waals surface area contributed by atoms with Gasteiger partial charge in [0.1, 0.15) is 22.7 Å². The van der Waals surface area contributed by atoms with E-state index in [0.29, 0.717) is 5.02 Å². The van der Waals surface area contributed by atoms with Crippen LogP contribution in [0.1, 0.15) is 5.56 Å². The third-order valence-electron chi connectivity index (χ3n) is 3.99. The number of nitrogens with one attached hydrogen (secondary N) is 1. The summed E-state index contributed by atoms with van der Waals surface area (Å²) in [4.78, 5) is 9.74. The Bertz CT molecular complexity index is 1060. The molecule has 0 aliphatic rings. The fourth-order valence-corrected chi connectivity index (χ4v) is 3.77. The van der Waals surface area contributed by atoms with Crippen molar-refractivity contribution in [3.05, 3.63) is 64.8 Å². The van der Waals surface area contributed by atoms with E-state index in [1.165, 1.54) is 0 Å². The van der Waals surface area contributed by atoms with Crippen molar-refractivity contribution in [3.8, 4) is 16.9 Å². The average molecular weight is 368 g/mol. The molecule has 0 saturated carbocycles. The molecule has 2 heterocycles. The number of rotatable bonds is 3. The molecule has 25 heavy (non-hydrogen) atoms. The molecule has 2 aromatic carbocycles. The third kappa shape index (κ3) is 3.04. The summed E-state index contributed by atoms with van der Waals surface area (Å²) in [6.07, 6.45) is 1.56. The highest BCUT2D eigenvalue weighted by Crippen LogP contribution is 2.38. The van der Waals surface area contributed by atoms with Crippen molar-refractivity contribution < 1.29 is 5.11 Å². The van der Waals surface area contributed by atoms with Gasteiger partial charge < -0.3 is 10.4 Å². The Balaban J connectivity index is 1.84. The largest absolute Gasteiger partial charge is 0.508 e. The zero-order valence-electron chi connectivity index (χ0n) is 13.3. The van der Waals surface area contributed by atoms with Crippen LogP contribution in [0.25, 0.3) is 21.3 Å². The van der Waals surface area contributed by atoms with E-state index in [-0.39, 0.29) is 5.75 Å². The maximum absolute atomic E-state index is 9.59. The Kier molecular flexibility index (Phi) is 4.03. The van der Waals surface area contributed by atoms with Crippen molar-refractivity contribution in [2.45, 2.75) is 6.92 Å². The number of aromatic hydroxyl groups is 1. The maximum Gasteiger partial charge on any atom is 0.143 e. The van der Waals surface area contributed by atoms with E-state index < -0.39 is 0 Å². The molecule has 124 valence electrons. The van der Waals surface area contributed by atoms with Crippen LogP contribution in [-0.4, -0.2) is 15.1 Å². The van der Waals surface area contributed by atoms with Gasteiger partial charge in [0.25, 0.3) is 0 Å². The van der Waals surface area contributed by atoms with Crippen molar-refractivity contribution in [2.75, 3.05) is 5.32 Å². The number of hydrogen-bond acceptors (Lipinski definition) is 5. The summed E-state index contributed by atoms with van der Waals surface area (Å²) in [6.45, 7) is 1.94. The van der Waals surface area contributed by atoms with Crippen molar-refractivity contribution in [3.63, 3.8) is 0 Å². The van der Waals surface area contributed by atoms with Crippen LogP contribution in [0, 0.1) is 6.92 Å². The number of thiophene rings is 1. The second kappa shape index (κ2) is 6.35. The smallest absolute Gasteiger partial charge is 0.143 e. The van der Waals surface area contributed by atoms with E-state index in [4.69, 9.17) is 11.6 Å². The Morgan fingerprint density at radius 1 is 1.08 bits per heavy atom. The molecule has 4 aromatic rings. The molecule has 0 radical (unpaired) electrons. The summed E-state index contributed by atoms with van der Waals surface area (Å²) in [7, 11) is 0. The summed E-state index contributed by atoms with van der Waals surface area (Å²) in [5, 5.41) is 16.7. The highest BCUT2D eigenvalue weighted by atomic mass is 35.5. The second-order valence-corrected chi connectivity index (χ2v) is 6.98. The molecule has 0 atom stereocenters. The molecule has 0 spiro atoms. The molecule has 2 aromatic heterocycles. The van der Waals surface area contributed by atoms with Gasteiger partial charge in [-0.05, 0) is 48.4 Å². The first-order valence-electron chi connectivity index (χ1n) is 7.66. The van der Waals surface area contributed by atoms with E-state index in [2.05, 4.69) is 20.7 Å². The second-order valence-electron chi connectivity index (χ2n) is 5.68. The number of aryl methyl sites for hydroxylation is 1. The minimum atomic E-state index is 0.244. The Morgan fingerprint density at radius 3 is 2.64 bits per heavy atom. The first-order chi connectivity index (χ1) is 12.1. The monoisotopic (exact) mass is 367 g/mol. The van der Waals surface area contributed by atoms with Gasteiger partial charge in [-0.15, -0.1) is 11.3 Å². The lowest BCUT2D eigenvalue weighted by Crippen LogP contribution is -1.97.